The zero-order valence-electron chi connectivity index (χ0n) is 14.9. The van der Waals surface area contributed by atoms with Crippen molar-refractivity contribution in [2.24, 2.45) is 0 Å². The maximum absolute atomic E-state index is 12.8. The third kappa shape index (κ3) is 3.42. The van der Waals surface area contributed by atoms with E-state index >= 15 is 0 Å². The van der Waals surface area contributed by atoms with Gasteiger partial charge in [0.25, 0.3) is 5.91 Å². The molecule has 2 heterocycles. The number of likely N-dealkylation sites (N-methyl/N-ethyl adjacent to an activating group) is 1. The van der Waals surface area contributed by atoms with Crippen LogP contribution in [0.2, 0.25) is 5.02 Å². The van der Waals surface area contributed by atoms with Crippen LogP contribution < -0.4 is 4.90 Å². The van der Waals surface area contributed by atoms with E-state index in [1.807, 2.05) is 0 Å². The fourth-order valence-electron chi connectivity index (χ4n) is 3.23. The number of amides is 2. The van der Waals surface area contributed by atoms with E-state index in [1.165, 1.54) is 18.0 Å². The van der Waals surface area contributed by atoms with Crippen molar-refractivity contribution >= 4 is 35.1 Å². The first kappa shape index (κ1) is 19.0. The number of nitrogens with zero attached hydrogens (tertiary/aromatic N) is 2. The molecule has 142 valence electrons. The number of aryl methyl sites for hydroxylation is 1. The highest BCUT2D eigenvalue weighted by Gasteiger charge is 2.39. The Kier molecular flexibility index (Phi) is 5.23. The lowest BCUT2D eigenvalue weighted by Gasteiger charge is -2.23. The van der Waals surface area contributed by atoms with E-state index in [-0.39, 0.29) is 23.0 Å². The van der Waals surface area contributed by atoms with Crippen molar-refractivity contribution < 1.29 is 23.9 Å². The standard InChI is InChI=1S/C19H19ClN2O5/c1-3-15-11(19(25)26)10-16(27-15)18(24)21(2)14-8-9-22(17(14)23)13-7-5-4-6-12(13)20/h4-7,10,14H,3,8-9H2,1-2H3,(H,25,26). The Morgan fingerprint density at radius 2 is 2.07 bits per heavy atom. The van der Waals surface area contributed by atoms with E-state index in [1.54, 1.807) is 36.1 Å². The second-order valence-electron chi connectivity index (χ2n) is 6.27. The molecule has 1 fully saturated rings. The average Bonchev–Trinajstić information content (AvgIpc) is 3.25. The summed E-state index contributed by atoms with van der Waals surface area (Å²) in [5, 5.41) is 9.68. The minimum absolute atomic E-state index is 0.0373. The molecule has 0 bridgehead atoms. The van der Waals surface area contributed by atoms with E-state index in [2.05, 4.69) is 0 Å². The summed E-state index contributed by atoms with van der Waals surface area (Å²) in [6.45, 7) is 2.18. The summed E-state index contributed by atoms with van der Waals surface area (Å²) in [7, 11) is 1.51. The van der Waals surface area contributed by atoms with Crippen LogP contribution in [0.5, 0.6) is 0 Å². The van der Waals surface area contributed by atoms with E-state index in [4.69, 9.17) is 16.0 Å². The van der Waals surface area contributed by atoms with Crippen LogP contribution >= 0.6 is 11.6 Å². The minimum atomic E-state index is -1.15. The lowest BCUT2D eigenvalue weighted by molar-refractivity contribution is -0.120. The first-order chi connectivity index (χ1) is 12.8. The number of carboxylic acids is 1. The van der Waals surface area contributed by atoms with Crippen molar-refractivity contribution in [2.75, 3.05) is 18.5 Å². The first-order valence-corrected chi connectivity index (χ1v) is 8.92. The van der Waals surface area contributed by atoms with Gasteiger partial charge < -0.3 is 19.3 Å². The third-order valence-corrected chi connectivity index (χ3v) is 5.00. The molecular weight excluding hydrogens is 372 g/mol. The van der Waals surface area contributed by atoms with Crippen molar-refractivity contribution in [2.45, 2.75) is 25.8 Å². The largest absolute Gasteiger partial charge is 0.478 e. The fraction of sp³-hybridized carbons (Fsp3) is 0.316. The molecule has 7 nitrogen and oxygen atoms in total. The maximum Gasteiger partial charge on any atom is 0.339 e. The zero-order valence-corrected chi connectivity index (χ0v) is 15.7. The Hall–Kier alpha value is -2.80. The van der Waals surface area contributed by atoms with E-state index < -0.39 is 17.9 Å². The number of hydrogen-bond acceptors (Lipinski definition) is 4. The number of hydrogen-bond donors (Lipinski definition) is 1. The topological polar surface area (TPSA) is 91.1 Å². The molecule has 0 saturated carbocycles. The number of carbonyl (C=O) groups is 3. The van der Waals surface area contributed by atoms with Crippen LogP contribution in [0.15, 0.2) is 34.7 Å². The van der Waals surface area contributed by atoms with Gasteiger partial charge in [0.05, 0.1) is 10.7 Å². The lowest BCUT2D eigenvalue weighted by atomic mass is 10.2. The molecule has 1 N–H and O–H groups in total. The SMILES string of the molecule is CCc1oc(C(=O)N(C)C2CCN(c3ccccc3Cl)C2=O)cc1C(=O)O. The molecule has 8 heteroatoms. The van der Waals surface area contributed by atoms with Crippen molar-refractivity contribution in [3.8, 4) is 0 Å². The highest BCUT2D eigenvalue weighted by Crippen LogP contribution is 2.30. The second kappa shape index (κ2) is 7.44. The molecule has 27 heavy (non-hydrogen) atoms. The zero-order chi connectivity index (χ0) is 19.7. The maximum atomic E-state index is 12.8. The molecule has 0 radical (unpaired) electrons. The van der Waals surface area contributed by atoms with Crippen LogP contribution in [-0.2, 0) is 11.2 Å². The van der Waals surface area contributed by atoms with Gasteiger partial charge in [-0.05, 0) is 18.6 Å². The summed E-state index contributed by atoms with van der Waals surface area (Å²) >= 11 is 6.18. The summed E-state index contributed by atoms with van der Waals surface area (Å²) in [5.41, 5.74) is 0.566. The number of rotatable bonds is 5. The van der Waals surface area contributed by atoms with Crippen LogP contribution in [0.4, 0.5) is 5.69 Å². The van der Waals surface area contributed by atoms with Gasteiger partial charge in [0.2, 0.25) is 5.91 Å². The number of halogens is 1. The number of carboxylic acid groups (broad SMARTS) is 1. The van der Waals surface area contributed by atoms with Gasteiger partial charge in [0.1, 0.15) is 17.4 Å². The predicted molar refractivity (Wildman–Crippen MR) is 99.3 cm³/mol. The molecule has 0 aliphatic carbocycles. The number of benzene rings is 1. The Morgan fingerprint density at radius 3 is 2.67 bits per heavy atom. The quantitative estimate of drug-likeness (QED) is 0.847. The molecule has 1 saturated heterocycles. The molecule has 1 aliphatic heterocycles. The Balaban J connectivity index is 1.81. The number of para-hydroxylation sites is 1. The fourth-order valence-corrected chi connectivity index (χ4v) is 3.46. The summed E-state index contributed by atoms with van der Waals surface area (Å²) in [4.78, 5) is 39.7. The van der Waals surface area contributed by atoms with Gasteiger partial charge in [-0.3, -0.25) is 9.59 Å². The van der Waals surface area contributed by atoms with E-state index in [9.17, 15) is 19.5 Å². The Bertz CT molecular complexity index is 907. The van der Waals surface area contributed by atoms with Gasteiger partial charge in [-0.1, -0.05) is 30.7 Å². The Morgan fingerprint density at radius 1 is 1.37 bits per heavy atom. The summed E-state index contributed by atoms with van der Waals surface area (Å²) in [5.74, 6) is -1.78. The molecule has 3 rings (SSSR count). The molecule has 2 amide bonds. The van der Waals surface area contributed by atoms with Crippen LogP contribution in [0.1, 0.15) is 40.0 Å². The molecule has 0 spiro atoms. The summed E-state index contributed by atoms with van der Waals surface area (Å²) in [6.07, 6.45) is 0.792. The van der Waals surface area contributed by atoms with Crippen LogP contribution in [0, 0.1) is 0 Å². The van der Waals surface area contributed by atoms with Crippen molar-refractivity contribution in [3.63, 3.8) is 0 Å². The number of carbonyl (C=O) groups excluding carboxylic acids is 2. The normalized spacial score (nSPS) is 16.6. The monoisotopic (exact) mass is 390 g/mol. The molecular formula is C19H19ClN2O5. The highest BCUT2D eigenvalue weighted by atomic mass is 35.5. The molecule has 2 aromatic rings. The molecule has 1 aromatic heterocycles. The lowest BCUT2D eigenvalue weighted by Crippen LogP contribution is -2.43. The van der Waals surface area contributed by atoms with Crippen LogP contribution in [0.3, 0.4) is 0 Å². The number of aromatic carboxylic acids is 1. The first-order valence-electron chi connectivity index (χ1n) is 8.54. The van der Waals surface area contributed by atoms with Gasteiger partial charge in [0.15, 0.2) is 5.76 Å². The van der Waals surface area contributed by atoms with Gasteiger partial charge >= 0.3 is 5.97 Å². The highest BCUT2D eigenvalue weighted by molar-refractivity contribution is 6.34. The minimum Gasteiger partial charge on any atom is -0.478 e. The van der Waals surface area contributed by atoms with Crippen molar-refractivity contribution in [1.82, 2.24) is 4.90 Å². The van der Waals surface area contributed by atoms with E-state index in [0.717, 1.165) is 0 Å². The van der Waals surface area contributed by atoms with Crippen molar-refractivity contribution in [3.05, 3.63) is 52.4 Å². The van der Waals surface area contributed by atoms with Crippen molar-refractivity contribution in [1.29, 1.82) is 0 Å². The molecule has 1 unspecified atom stereocenters. The van der Waals surface area contributed by atoms with Crippen LogP contribution in [-0.4, -0.2) is 47.4 Å². The Labute approximate surface area is 161 Å². The smallest absolute Gasteiger partial charge is 0.339 e. The van der Waals surface area contributed by atoms with E-state index in [0.29, 0.717) is 30.1 Å². The van der Waals surface area contributed by atoms with Gasteiger partial charge in [0, 0.05) is 26.1 Å². The predicted octanol–water partition coefficient (Wildman–Crippen LogP) is 3.07. The molecule has 1 atom stereocenters. The van der Waals surface area contributed by atoms with Crippen LogP contribution in [0.25, 0.3) is 0 Å². The van der Waals surface area contributed by atoms with Gasteiger partial charge in [-0.15, -0.1) is 0 Å². The molecule has 1 aromatic carbocycles. The molecule has 1 aliphatic rings. The van der Waals surface area contributed by atoms with Gasteiger partial charge in [-0.2, -0.15) is 0 Å². The number of anilines is 1. The summed E-state index contributed by atoms with van der Waals surface area (Å²) < 4.78 is 5.42. The number of furan rings is 1. The summed E-state index contributed by atoms with van der Waals surface area (Å²) in [6, 6.07) is 7.57. The van der Waals surface area contributed by atoms with Gasteiger partial charge in [-0.25, -0.2) is 4.79 Å². The average molecular weight is 391 g/mol. The second-order valence-corrected chi connectivity index (χ2v) is 6.68. The third-order valence-electron chi connectivity index (χ3n) is 4.68.